The zero-order valence-corrected chi connectivity index (χ0v) is 15.5. The number of nitro groups is 1. The Kier molecular flexibility index (Phi) is 4.19. The first-order valence-corrected chi connectivity index (χ1v) is 9.81. The van der Waals surface area contributed by atoms with Crippen LogP contribution in [0.25, 0.3) is 0 Å². The van der Waals surface area contributed by atoms with Crippen molar-refractivity contribution in [3.63, 3.8) is 0 Å². The van der Waals surface area contributed by atoms with E-state index in [4.69, 9.17) is 0 Å². The molecule has 0 saturated heterocycles. The molecule has 0 amide bonds. The van der Waals surface area contributed by atoms with E-state index in [0.29, 0.717) is 0 Å². The third-order valence-electron chi connectivity index (χ3n) is 5.61. The zero-order valence-electron chi connectivity index (χ0n) is 14.7. The van der Waals surface area contributed by atoms with E-state index in [0.717, 1.165) is 5.56 Å². The lowest BCUT2D eigenvalue weighted by Crippen LogP contribution is -2.37. The van der Waals surface area contributed by atoms with E-state index >= 15 is 0 Å². The molecule has 0 bridgehead atoms. The van der Waals surface area contributed by atoms with Crippen LogP contribution < -0.4 is 0 Å². The molecule has 1 saturated carbocycles. The smallest absolute Gasteiger partial charge is 0.264 e. The first-order valence-electron chi connectivity index (χ1n) is 8.16. The van der Waals surface area contributed by atoms with E-state index in [1.165, 1.54) is 24.5 Å². The molecule has 0 radical (unpaired) electrons. The molecule has 8 nitrogen and oxygen atoms in total. The molecule has 3 rings (SSSR count). The summed E-state index contributed by atoms with van der Waals surface area (Å²) in [6, 6.07) is 6.36. The predicted molar refractivity (Wildman–Crippen MR) is 93.8 cm³/mol. The van der Waals surface area contributed by atoms with Gasteiger partial charge in [0, 0.05) is 22.7 Å². The van der Waals surface area contributed by atoms with E-state index in [1.54, 1.807) is 26.0 Å². The monoisotopic (exact) mass is 379 g/mol. The Labute approximate surface area is 151 Å². The second kappa shape index (κ2) is 5.88. The molecular weight excluding hydrogens is 358 g/mol. The quantitative estimate of drug-likeness (QED) is 0.583. The fourth-order valence-corrected chi connectivity index (χ4v) is 5.77. The second-order valence-electron chi connectivity index (χ2n) is 7.33. The Bertz CT molecular complexity index is 922. The number of hydrogen-bond donors (Lipinski definition) is 2. The molecule has 3 atom stereocenters. The maximum atomic E-state index is 12.8. The summed E-state index contributed by atoms with van der Waals surface area (Å²) in [5, 5.41) is 22.6. The number of aryl methyl sites for hydroxylation is 1. The van der Waals surface area contributed by atoms with Crippen LogP contribution in [0.2, 0.25) is 0 Å². The highest BCUT2D eigenvalue weighted by Crippen LogP contribution is 2.68. The van der Waals surface area contributed by atoms with Gasteiger partial charge in [-0.1, -0.05) is 31.5 Å². The molecule has 2 N–H and O–H groups in total. The molecule has 0 aliphatic heterocycles. The minimum Gasteiger partial charge on any atom is -0.378 e. The summed E-state index contributed by atoms with van der Waals surface area (Å²) in [6.45, 7) is 5.06. The van der Waals surface area contributed by atoms with E-state index in [9.17, 15) is 23.6 Å². The van der Waals surface area contributed by atoms with Gasteiger partial charge in [-0.05, 0) is 19.1 Å². The van der Waals surface area contributed by atoms with Crippen molar-refractivity contribution >= 4 is 9.84 Å². The van der Waals surface area contributed by atoms with Gasteiger partial charge in [0.05, 0.1) is 16.6 Å². The highest BCUT2D eigenvalue weighted by molar-refractivity contribution is 7.91. The van der Waals surface area contributed by atoms with Crippen molar-refractivity contribution in [1.82, 2.24) is 9.97 Å². The molecule has 1 fully saturated rings. The lowest BCUT2D eigenvalue weighted by Gasteiger charge is -2.17. The Balaban J connectivity index is 1.97. The van der Waals surface area contributed by atoms with Gasteiger partial charge in [-0.15, -0.1) is 0 Å². The Morgan fingerprint density at radius 1 is 1.35 bits per heavy atom. The van der Waals surface area contributed by atoms with Gasteiger partial charge in [0.25, 0.3) is 5.54 Å². The molecule has 1 aliphatic rings. The van der Waals surface area contributed by atoms with Crippen LogP contribution in [0.4, 0.5) is 0 Å². The summed E-state index contributed by atoms with van der Waals surface area (Å²) in [5.41, 5.74) is -1.91. The van der Waals surface area contributed by atoms with Crippen molar-refractivity contribution in [2.75, 3.05) is 5.75 Å². The van der Waals surface area contributed by atoms with Crippen LogP contribution in [0.15, 0.2) is 41.6 Å². The SMILES string of the molecule is Cc1ccc(S(=O)(=O)CC2C(C)(C)C2(C(O)c2ncc[nH]2)[N+](=O)[O-])cc1. The van der Waals surface area contributed by atoms with Gasteiger partial charge in [0.2, 0.25) is 0 Å². The van der Waals surface area contributed by atoms with Crippen LogP contribution in [0.3, 0.4) is 0 Å². The summed E-state index contributed by atoms with van der Waals surface area (Å²) in [4.78, 5) is 18.1. The van der Waals surface area contributed by atoms with E-state index < -0.39 is 43.5 Å². The lowest BCUT2D eigenvalue weighted by atomic mass is 9.99. The molecule has 9 heteroatoms. The first kappa shape index (κ1) is 18.5. The second-order valence-corrected chi connectivity index (χ2v) is 9.36. The molecule has 1 aliphatic carbocycles. The van der Waals surface area contributed by atoms with Crippen molar-refractivity contribution in [2.24, 2.45) is 11.3 Å². The third-order valence-corrected chi connectivity index (χ3v) is 7.38. The van der Waals surface area contributed by atoms with Crippen molar-refractivity contribution < 1.29 is 18.4 Å². The topological polar surface area (TPSA) is 126 Å². The van der Waals surface area contributed by atoms with Crippen LogP contribution in [-0.4, -0.2) is 39.7 Å². The normalized spacial score (nSPS) is 25.6. The Morgan fingerprint density at radius 2 is 1.96 bits per heavy atom. The largest absolute Gasteiger partial charge is 0.378 e. The molecule has 3 unspecified atom stereocenters. The molecule has 1 aromatic carbocycles. The number of aromatic nitrogens is 2. The van der Waals surface area contributed by atoms with Gasteiger partial charge in [-0.3, -0.25) is 10.1 Å². The van der Waals surface area contributed by atoms with Crippen LogP contribution in [0, 0.1) is 28.4 Å². The van der Waals surface area contributed by atoms with Crippen LogP contribution in [-0.2, 0) is 9.84 Å². The maximum absolute atomic E-state index is 12.8. The first-order chi connectivity index (χ1) is 12.0. The number of sulfone groups is 1. The Hall–Kier alpha value is -2.26. The average Bonchev–Trinajstić information content (AvgIpc) is 2.94. The number of H-pyrrole nitrogens is 1. The number of aliphatic hydroxyl groups excluding tert-OH is 1. The van der Waals surface area contributed by atoms with Gasteiger partial charge in [0.1, 0.15) is 5.82 Å². The molecule has 140 valence electrons. The molecule has 1 aromatic heterocycles. The van der Waals surface area contributed by atoms with Crippen molar-refractivity contribution in [1.29, 1.82) is 0 Å². The van der Waals surface area contributed by atoms with Gasteiger partial charge in [-0.25, -0.2) is 13.4 Å². The number of nitrogens with zero attached hydrogens (tertiary/aromatic N) is 2. The maximum Gasteiger partial charge on any atom is 0.264 e. The molecular formula is C17H21N3O5S. The van der Waals surface area contributed by atoms with E-state index in [2.05, 4.69) is 9.97 Å². The van der Waals surface area contributed by atoms with Gasteiger partial charge in [0.15, 0.2) is 15.9 Å². The number of benzene rings is 1. The number of aromatic amines is 1. The summed E-state index contributed by atoms with van der Waals surface area (Å²) < 4.78 is 25.5. The standard InChI is InChI=1S/C17H21N3O5S/c1-11-4-6-12(7-5-11)26(24,25)10-13-16(2,3)17(13,20(22)23)14(21)15-18-8-9-19-15/h4-9,13-14,21H,10H2,1-3H3,(H,18,19). The zero-order chi connectivity index (χ0) is 19.3. The fraction of sp³-hybridized carbons (Fsp3) is 0.471. The van der Waals surface area contributed by atoms with Crippen molar-refractivity contribution in [3.8, 4) is 0 Å². The van der Waals surface area contributed by atoms with Gasteiger partial charge in [-0.2, -0.15) is 0 Å². The number of nitrogens with one attached hydrogen (secondary N) is 1. The fourth-order valence-electron chi connectivity index (χ4n) is 3.92. The van der Waals surface area contributed by atoms with Crippen molar-refractivity contribution in [3.05, 3.63) is 58.2 Å². The van der Waals surface area contributed by atoms with Crippen LogP contribution >= 0.6 is 0 Å². The van der Waals surface area contributed by atoms with Crippen molar-refractivity contribution in [2.45, 2.75) is 37.3 Å². The Morgan fingerprint density at radius 3 is 2.46 bits per heavy atom. The number of hydrogen-bond acceptors (Lipinski definition) is 6. The number of aliphatic hydroxyl groups is 1. The minimum atomic E-state index is -3.74. The lowest BCUT2D eigenvalue weighted by molar-refractivity contribution is -0.564. The third kappa shape index (κ3) is 2.53. The number of rotatable bonds is 6. The molecule has 2 aromatic rings. The summed E-state index contributed by atoms with van der Waals surface area (Å²) in [5.74, 6) is -1.21. The molecule has 26 heavy (non-hydrogen) atoms. The van der Waals surface area contributed by atoms with Gasteiger partial charge >= 0.3 is 0 Å². The molecule has 0 spiro atoms. The number of imidazole rings is 1. The average molecular weight is 379 g/mol. The van der Waals surface area contributed by atoms with Crippen LogP contribution in [0.5, 0.6) is 0 Å². The van der Waals surface area contributed by atoms with Crippen LogP contribution in [0.1, 0.15) is 31.3 Å². The van der Waals surface area contributed by atoms with E-state index in [-0.39, 0.29) is 10.7 Å². The van der Waals surface area contributed by atoms with E-state index in [1.807, 2.05) is 6.92 Å². The minimum absolute atomic E-state index is 0.0602. The summed E-state index contributed by atoms with van der Waals surface area (Å²) >= 11 is 0. The highest BCUT2D eigenvalue weighted by atomic mass is 32.2. The predicted octanol–water partition coefficient (Wildman–Crippen LogP) is 1.90. The summed E-state index contributed by atoms with van der Waals surface area (Å²) in [6.07, 6.45) is 1.32. The van der Waals surface area contributed by atoms with Gasteiger partial charge < -0.3 is 10.1 Å². The summed E-state index contributed by atoms with van der Waals surface area (Å²) in [7, 11) is -3.74. The highest BCUT2D eigenvalue weighted by Gasteiger charge is 2.86. The molecule has 1 heterocycles.